The van der Waals surface area contributed by atoms with Crippen molar-refractivity contribution < 1.29 is 0 Å². The molecule has 10 heavy (non-hydrogen) atoms. The van der Waals surface area contributed by atoms with Crippen LogP contribution in [0, 0.1) is 0 Å². The zero-order valence-corrected chi connectivity index (χ0v) is 6.95. The van der Waals surface area contributed by atoms with Crippen molar-refractivity contribution in [3.63, 3.8) is 0 Å². The summed E-state index contributed by atoms with van der Waals surface area (Å²) in [5.41, 5.74) is 5.27. The number of nitrogens with two attached hydrogens (primary N) is 1. The van der Waals surface area contributed by atoms with Gasteiger partial charge < -0.3 is 5.73 Å². The van der Waals surface area contributed by atoms with Crippen molar-refractivity contribution in [3.8, 4) is 0 Å². The highest BCUT2D eigenvalue weighted by atomic mass is 35.5. The number of hydrogen-bond donors (Lipinski definition) is 1. The molecule has 0 bridgehead atoms. The Kier molecular flexibility index (Phi) is 2.93. The van der Waals surface area contributed by atoms with E-state index in [0.717, 1.165) is 9.90 Å². The Hall–Kier alpha value is -0.310. The fourth-order valence-electron chi connectivity index (χ4n) is 0.600. The van der Waals surface area contributed by atoms with Gasteiger partial charge in [-0.15, -0.1) is 11.3 Å². The second kappa shape index (κ2) is 3.76. The topological polar surface area (TPSA) is 26.0 Å². The lowest BCUT2D eigenvalue weighted by molar-refractivity contribution is 1.26. The van der Waals surface area contributed by atoms with Crippen LogP contribution in [0.5, 0.6) is 0 Å². The molecule has 1 aromatic rings. The molecule has 0 saturated carbocycles. The van der Waals surface area contributed by atoms with Gasteiger partial charge >= 0.3 is 0 Å². The molecule has 0 atom stereocenters. The smallest absolute Gasteiger partial charge is 0.0519 e. The third-order valence-electron chi connectivity index (χ3n) is 1.01. The molecular weight excluding hydrogens is 166 g/mol. The third-order valence-corrected chi connectivity index (χ3v) is 2.25. The lowest BCUT2D eigenvalue weighted by atomic mass is 10.4. The summed E-state index contributed by atoms with van der Waals surface area (Å²) in [6.07, 6.45) is 3.87. The highest BCUT2D eigenvalue weighted by Gasteiger charge is 1.90. The fourth-order valence-corrected chi connectivity index (χ4v) is 1.60. The van der Waals surface area contributed by atoms with Gasteiger partial charge in [0.2, 0.25) is 0 Å². The van der Waals surface area contributed by atoms with Crippen LogP contribution in [0.3, 0.4) is 0 Å². The van der Waals surface area contributed by atoms with Gasteiger partial charge in [-0.05, 0) is 12.1 Å². The van der Waals surface area contributed by atoms with Gasteiger partial charge in [-0.25, -0.2) is 0 Å². The summed E-state index contributed by atoms with van der Waals surface area (Å²) in [4.78, 5) is 1.15. The van der Waals surface area contributed by atoms with Gasteiger partial charge in [-0.1, -0.05) is 17.7 Å². The molecule has 1 heterocycles. The average molecular weight is 174 g/mol. The number of halogens is 1. The van der Waals surface area contributed by atoms with Crippen molar-refractivity contribution in [2.75, 3.05) is 6.54 Å². The van der Waals surface area contributed by atoms with Crippen LogP contribution < -0.4 is 5.73 Å². The van der Waals surface area contributed by atoms with Crippen LogP contribution in [0.15, 0.2) is 17.5 Å². The van der Waals surface area contributed by atoms with E-state index in [0.29, 0.717) is 6.54 Å². The minimum atomic E-state index is 0.579. The predicted molar refractivity (Wildman–Crippen MR) is 47.4 cm³/mol. The molecule has 0 spiro atoms. The summed E-state index contributed by atoms with van der Waals surface area (Å²) in [6, 6.07) is 1.92. The van der Waals surface area contributed by atoms with Crippen molar-refractivity contribution >= 4 is 29.0 Å². The largest absolute Gasteiger partial charge is 0.327 e. The van der Waals surface area contributed by atoms with E-state index in [4.69, 9.17) is 17.3 Å². The predicted octanol–water partition coefficient (Wildman–Crippen LogP) is 2.37. The van der Waals surface area contributed by atoms with Gasteiger partial charge in [0.25, 0.3) is 0 Å². The van der Waals surface area contributed by atoms with Crippen LogP contribution in [-0.4, -0.2) is 6.54 Å². The quantitative estimate of drug-likeness (QED) is 0.730. The van der Waals surface area contributed by atoms with Gasteiger partial charge in [0.15, 0.2) is 0 Å². The van der Waals surface area contributed by atoms with E-state index in [1.54, 1.807) is 11.3 Å². The lowest BCUT2D eigenvalue weighted by Crippen LogP contribution is -1.91. The van der Waals surface area contributed by atoms with Gasteiger partial charge in [-0.2, -0.15) is 0 Å². The van der Waals surface area contributed by atoms with Crippen molar-refractivity contribution in [2.24, 2.45) is 5.73 Å². The third kappa shape index (κ3) is 2.14. The highest BCUT2D eigenvalue weighted by molar-refractivity contribution is 7.11. The number of hydrogen-bond acceptors (Lipinski definition) is 2. The Labute approximate surface area is 69.1 Å². The molecule has 0 saturated heterocycles. The molecular formula is C7H8ClNS. The zero-order chi connectivity index (χ0) is 7.40. The Morgan fingerprint density at radius 3 is 3.00 bits per heavy atom. The van der Waals surface area contributed by atoms with Crippen LogP contribution in [0.4, 0.5) is 0 Å². The molecule has 0 aliphatic heterocycles. The molecule has 1 aromatic heterocycles. The lowest BCUT2D eigenvalue weighted by Gasteiger charge is -1.79. The minimum absolute atomic E-state index is 0.579. The van der Waals surface area contributed by atoms with Gasteiger partial charge in [-0.3, -0.25) is 0 Å². The Balaban J connectivity index is 2.67. The first-order chi connectivity index (χ1) is 4.83. The Morgan fingerprint density at radius 1 is 1.70 bits per heavy atom. The van der Waals surface area contributed by atoms with Gasteiger partial charge in [0.1, 0.15) is 0 Å². The molecule has 0 unspecified atom stereocenters. The Bertz CT molecular complexity index is 229. The summed E-state index contributed by atoms with van der Waals surface area (Å²) in [5, 5.41) is 2.69. The standard InChI is InChI=1S/C7H8ClNS/c8-6-4-7(10-5-6)2-1-3-9/h1-2,4-5H,3,9H2. The second-order valence-corrected chi connectivity index (χ2v) is 3.18. The molecule has 0 aromatic carbocycles. The maximum atomic E-state index is 5.68. The van der Waals surface area contributed by atoms with Crippen LogP contribution in [0.1, 0.15) is 4.88 Å². The summed E-state index contributed by atoms with van der Waals surface area (Å²) < 4.78 is 0. The van der Waals surface area contributed by atoms with Crippen LogP contribution in [-0.2, 0) is 0 Å². The summed E-state index contributed by atoms with van der Waals surface area (Å²) >= 11 is 7.30. The van der Waals surface area contributed by atoms with Gasteiger partial charge in [0, 0.05) is 16.8 Å². The fraction of sp³-hybridized carbons (Fsp3) is 0.143. The molecule has 0 aliphatic carbocycles. The minimum Gasteiger partial charge on any atom is -0.327 e. The van der Waals surface area contributed by atoms with E-state index in [1.165, 1.54) is 0 Å². The first-order valence-corrected chi connectivity index (χ1v) is 4.19. The maximum absolute atomic E-state index is 5.68. The van der Waals surface area contributed by atoms with Gasteiger partial charge in [0.05, 0.1) is 5.02 Å². The zero-order valence-electron chi connectivity index (χ0n) is 5.38. The molecule has 54 valence electrons. The average Bonchev–Trinajstić information content (AvgIpc) is 2.31. The monoisotopic (exact) mass is 173 g/mol. The second-order valence-electron chi connectivity index (χ2n) is 1.81. The van der Waals surface area contributed by atoms with E-state index < -0.39 is 0 Å². The molecule has 1 nitrogen and oxygen atoms in total. The molecule has 0 radical (unpaired) electrons. The normalized spacial score (nSPS) is 11.0. The maximum Gasteiger partial charge on any atom is 0.0519 e. The van der Waals surface area contributed by atoms with E-state index in [1.807, 2.05) is 23.6 Å². The Morgan fingerprint density at radius 2 is 2.50 bits per heavy atom. The van der Waals surface area contributed by atoms with E-state index in [9.17, 15) is 0 Å². The van der Waals surface area contributed by atoms with E-state index >= 15 is 0 Å². The van der Waals surface area contributed by atoms with Crippen LogP contribution in [0.25, 0.3) is 6.08 Å². The molecule has 3 heteroatoms. The molecule has 0 aliphatic rings. The van der Waals surface area contributed by atoms with Crippen molar-refractivity contribution in [3.05, 3.63) is 27.4 Å². The molecule has 2 N–H and O–H groups in total. The molecule has 0 fully saturated rings. The molecule has 1 rings (SSSR count). The highest BCUT2D eigenvalue weighted by Crippen LogP contribution is 2.19. The van der Waals surface area contributed by atoms with Crippen LogP contribution >= 0.6 is 22.9 Å². The summed E-state index contributed by atoms with van der Waals surface area (Å²) in [6.45, 7) is 0.579. The summed E-state index contributed by atoms with van der Waals surface area (Å²) in [7, 11) is 0. The number of rotatable bonds is 2. The van der Waals surface area contributed by atoms with Crippen molar-refractivity contribution in [2.45, 2.75) is 0 Å². The van der Waals surface area contributed by atoms with Crippen molar-refractivity contribution in [1.29, 1.82) is 0 Å². The SMILES string of the molecule is NCC=Cc1cc(Cl)cs1. The first-order valence-electron chi connectivity index (χ1n) is 2.93. The van der Waals surface area contributed by atoms with E-state index in [2.05, 4.69) is 0 Å². The van der Waals surface area contributed by atoms with Crippen LogP contribution in [0.2, 0.25) is 5.02 Å². The van der Waals surface area contributed by atoms with Crippen molar-refractivity contribution in [1.82, 2.24) is 0 Å². The van der Waals surface area contributed by atoms with E-state index in [-0.39, 0.29) is 0 Å². The number of thiophene rings is 1. The summed E-state index contributed by atoms with van der Waals surface area (Å²) in [5.74, 6) is 0. The molecule has 0 amide bonds. The first kappa shape index (κ1) is 7.79.